The molecule has 1 aromatic carbocycles. The molecule has 0 amide bonds. The molecule has 5 heteroatoms. The molecule has 1 heterocycles. The van der Waals surface area contributed by atoms with Crippen molar-refractivity contribution < 1.29 is 14.0 Å². The van der Waals surface area contributed by atoms with E-state index in [0.29, 0.717) is 34.5 Å². The first-order chi connectivity index (χ1) is 11.5. The van der Waals surface area contributed by atoms with Gasteiger partial charge in [0.15, 0.2) is 5.78 Å². The molecular weight excluding hydrogens is 396 g/mol. The van der Waals surface area contributed by atoms with Gasteiger partial charge < -0.3 is 9.16 Å². The lowest BCUT2D eigenvalue weighted by Gasteiger charge is -2.43. The van der Waals surface area contributed by atoms with Crippen LogP contribution in [0.25, 0.3) is 0 Å². The zero-order chi connectivity index (χ0) is 19.1. The van der Waals surface area contributed by atoms with Gasteiger partial charge in [-0.05, 0) is 42.1 Å². The van der Waals surface area contributed by atoms with Crippen LogP contribution in [0.1, 0.15) is 63.0 Å². The Morgan fingerprint density at radius 3 is 2.12 bits per heavy atom. The van der Waals surface area contributed by atoms with Crippen LogP contribution in [-0.2, 0) is 0 Å². The van der Waals surface area contributed by atoms with Crippen LogP contribution in [0.15, 0.2) is 6.07 Å². The summed E-state index contributed by atoms with van der Waals surface area (Å²) in [4.78, 5) is 12.2. The van der Waals surface area contributed by atoms with Gasteiger partial charge in [0.25, 0.3) is 8.32 Å². The molecular formula is C20H31BrO3Si. The SMILES string of the molecule is Cc1cc2c(c(C)c1O[Si](C(C)C)(C(C)C)C(C)C)OCC(Br)C2=O. The Bertz CT molecular complexity index is 646. The number of ether oxygens (including phenoxy) is 1. The monoisotopic (exact) mass is 426 g/mol. The van der Waals surface area contributed by atoms with E-state index < -0.39 is 8.32 Å². The van der Waals surface area contributed by atoms with Gasteiger partial charge in [-0.2, -0.15) is 0 Å². The Hall–Kier alpha value is -0.813. The summed E-state index contributed by atoms with van der Waals surface area (Å²) in [5.41, 5.74) is 4.14. The molecule has 2 rings (SSSR count). The van der Waals surface area contributed by atoms with E-state index in [0.717, 1.165) is 16.9 Å². The topological polar surface area (TPSA) is 35.5 Å². The highest BCUT2D eigenvalue weighted by molar-refractivity contribution is 9.10. The summed E-state index contributed by atoms with van der Waals surface area (Å²) in [5.74, 6) is 1.71. The van der Waals surface area contributed by atoms with Crippen LogP contribution in [0.5, 0.6) is 11.5 Å². The smallest absolute Gasteiger partial charge is 0.258 e. The van der Waals surface area contributed by atoms with Crippen LogP contribution in [0, 0.1) is 13.8 Å². The summed E-state index contributed by atoms with van der Waals surface area (Å²) in [5, 5.41) is 0. The number of hydrogen-bond acceptors (Lipinski definition) is 3. The van der Waals surface area contributed by atoms with Crippen molar-refractivity contribution in [1.29, 1.82) is 0 Å². The number of ketones is 1. The summed E-state index contributed by atoms with van der Waals surface area (Å²) in [6.45, 7) is 18.1. The van der Waals surface area contributed by atoms with Gasteiger partial charge in [0.05, 0.1) is 5.56 Å². The zero-order valence-corrected chi connectivity index (χ0v) is 19.3. The third kappa shape index (κ3) is 3.42. The van der Waals surface area contributed by atoms with E-state index in [9.17, 15) is 4.79 Å². The van der Waals surface area contributed by atoms with Gasteiger partial charge in [0.2, 0.25) is 0 Å². The van der Waals surface area contributed by atoms with E-state index in [4.69, 9.17) is 9.16 Å². The summed E-state index contributed by atoms with van der Waals surface area (Å²) >= 11 is 3.40. The van der Waals surface area contributed by atoms with Crippen molar-refractivity contribution in [2.75, 3.05) is 6.61 Å². The highest BCUT2D eigenvalue weighted by atomic mass is 79.9. The minimum atomic E-state index is -2.06. The van der Waals surface area contributed by atoms with Crippen LogP contribution in [0.3, 0.4) is 0 Å². The Kier molecular flexibility index (Phi) is 6.09. The van der Waals surface area contributed by atoms with Gasteiger partial charge >= 0.3 is 0 Å². The van der Waals surface area contributed by atoms with Gasteiger partial charge in [0.1, 0.15) is 22.9 Å². The van der Waals surface area contributed by atoms with Gasteiger partial charge in [-0.15, -0.1) is 0 Å². The predicted molar refractivity (Wildman–Crippen MR) is 110 cm³/mol. The molecule has 0 saturated carbocycles. The second kappa shape index (κ2) is 7.43. The molecule has 3 nitrogen and oxygen atoms in total. The summed E-state index contributed by atoms with van der Waals surface area (Å²) in [6.07, 6.45) is 0. The van der Waals surface area contributed by atoms with Gasteiger partial charge in [-0.1, -0.05) is 57.5 Å². The standard InChI is InChI=1S/C20H31BrO3Si/c1-11(2)25(12(3)4,13(5)6)24-19-14(7)9-16-18(22)17(21)10-23-20(16)15(19)8/h9,11-13,17H,10H2,1-8H3. The first kappa shape index (κ1) is 20.5. The minimum Gasteiger partial charge on any atom is -0.542 e. The average molecular weight is 427 g/mol. The molecule has 1 unspecified atom stereocenters. The minimum absolute atomic E-state index is 0.0964. The van der Waals surface area contributed by atoms with Gasteiger partial charge in [-0.25, -0.2) is 0 Å². The first-order valence-electron chi connectivity index (χ1n) is 9.18. The fourth-order valence-electron chi connectivity index (χ4n) is 4.41. The average Bonchev–Trinajstić information content (AvgIpc) is 2.50. The third-order valence-electron chi connectivity index (χ3n) is 5.55. The predicted octanol–water partition coefficient (Wildman–Crippen LogP) is 6.20. The zero-order valence-electron chi connectivity index (χ0n) is 16.7. The fourth-order valence-corrected chi connectivity index (χ4v) is 10.2. The van der Waals surface area contributed by atoms with Crippen LogP contribution < -0.4 is 9.16 Å². The van der Waals surface area contributed by atoms with Gasteiger partial charge in [0, 0.05) is 5.56 Å². The number of carbonyl (C=O) groups is 1. The lowest BCUT2D eigenvalue weighted by atomic mass is 9.98. The molecule has 1 aromatic rings. The number of rotatable bonds is 5. The normalized spacial score (nSPS) is 17.9. The fraction of sp³-hybridized carbons (Fsp3) is 0.650. The molecule has 0 bridgehead atoms. The molecule has 1 atom stereocenters. The van der Waals surface area contributed by atoms with Crippen LogP contribution in [-0.4, -0.2) is 25.5 Å². The van der Waals surface area contributed by atoms with E-state index in [1.54, 1.807) is 0 Å². The number of Topliss-reactive ketones (excluding diaryl/α,β-unsaturated/α-hetero) is 1. The number of aryl methyl sites for hydroxylation is 1. The van der Waals surface area contributed by atoms with E-state index in [2.05, 4.69) is 57.5 Å². The molecule has 0 fully saturated rings. The molecule has 1 aliphatic heterocycles. The highest BCUT2D eigenvalue weighted by Crippen LogP contribution is 2.46. The number of fused-ring (bicyclic) bond motifs is 1. The van der Waals surface area contributed by atoms with Crippen LogP contribution >= 0.6 is 15.9 Å². The summed E-state index contributed by atoms with van der Waals surface area (Å²) in [7, 11) is -2.06. The Morgan fingerprint density at radius 1 is 1.12 bits per heavy atom. The van der Waals surface area contributed by atoms with Gasteiger partial charge in [-0.3, -0.25) is 4.79 Å². The Balaban J connectivity index is 2.59. The number of halogens is 1. The Labute approximate surface area is 161 Å². The quantitative estimate of drug-likeness (QED) is 0.415. The summed E-state index contributed by atoms with van der Waals surface area (Å²) < 4.78 is 12.8. The molecule has 25 heavy (non-hydrogen) atoms. The molecule has 0 aromatic heterocycles. The van der Waals surface area contributed by atoms with Crippen molar-refractivity contribution in [3.63, 3.8) is 0 Å². The molecule has 1 aliphatic rings. The van der Waals surface area contributed by atoms with Crippen molar-refractivity contribution in [3.05, 3.63) is 22.8 Å². The lowest BCUT2D eigenvalue weighted by molar-refractivity contribution is 0.0945. The number of alkyl halides is 1. The van der Waals surface area contributed by atoms with E-state index in [-0.39, 0.29) is 10.6 Å². The molecule has 0 spiro atoms. The lowest BCUT2D eigenvalue weighted by Crippen LogP contribution is -2.51. The van der Waals surface area contributed by atoms with E-state index in [1.165, 1.54) is 0 Å². The number of hydrogen-bond donors (Lipinski definition) is 0. The van der Waals surface area contributed by atoms with Crippen molar-refractivity contribution in [1.82, 2.24) is 0 Å². The summed E-state index contributed by atoms with van der Waals surface area (Å²) in [6, 6.07) is 1.94. The van der Waals surface area contributed by atoms with Crippen molar-refractivity contribution in [2.45, 2.75) is 76.8 Å². The third-order valence-corrected chi connectivity index (χ3v) is 12.2. The maximum Gasteiger partial charge on any atom is 0.258 e. The molecule has 0 radical (unpaired) electrons. The Morgan fingerprint density at radius 2 is 1.64 bits per heavy atom. The van der Waals surface area contributed by atoms with Crippen molar-refractivity contribution in [2.24, 2.45) is 0 Å². The number of benzene rings is 1. The molecule has 140 valence electrons. The second-order valence-electron chi connectivity index (χ2n) is 8.09. The van der Waals surface area contributed by atoms with E-state index >= 15 is 0 Å². The first-order valence-corrected chi connectivity index (χ1v) is 12.2. The second-order valence-corrected chi connectivity index (χ2v) is 14.6. The van der Waals surface area contributed by atoms with Crippen molar-refractivity contribution >= 4 is 30.0 Å². The number of carbonyl (C=O) groups excluding carboxylic acids is 1. The maximum atomic E-state index is 12.5. The highest BCUT2D eigenvalue weighted by Gasteiger charge is 2.47. The molecule has 0 N–H and O–H groups in total. The van der Waals surface area contributed by atoms with Crippen LogP contribution in [0.4, 0.5) is 0 Å². The largest absolute Gasteiger partial charge is 0.542 e. The van der Waals surface area contributed by atoms with Crippen LogP contribution in [0.2, 0.25) is 16.6 Å². The van der Waals surface area contributed by atoms with Crippen molar-refractivity contribution in [3.8, 4) is 11.5 Å². The molecule has 0 aliphatic carbocycles. The molecule has 0 saturated heterocycles. The maximum absolute atomic E-state index is 12.5. The van der Waals surface area contributed by atoms with E-state index in [1.807, 2.05) is 19.9 Å².